The average molecular weight is 297 g/mol. The van der Waals surface area contributed by atoms with Gasteiger partial charge < -0.3 is 5.32 Å². The summed E-state index contributed by atoms with van der Waals surface area (Å²) in [6, 6.07) is 10.7. The van der Waals surface area contributed by atoms with Gasteiger partial charge in [-0.2, -0.15) is 0 Å². The maximum Gasteiger partial charge on any atom is 0.150 e. The summed E-state index contributed by atoms with van der Waals surface area (Å²) >= 11 is 0. The van der Waals surface area contributed by atoms with Crippen molar-refractivity contribution in [2.24, 2.45) is 0 Å². The fourth-order valence-corrected chi connectivity index (χ4v) is 3.14. The molecule has 1 rings (SSSR count). The molecular formula is C16H27NO2S. The fourth-order valence-electron chi connectivity index (χ4n) is 2.21. The Morgan fingerprint density at radius 1 is 1.10 bits per heavy atom. The Balaban J connectivity index is 2.46. The molecule has 0 saturated carbocycles. The third-order valence-corrected chi connectivity index (χ3v) is 5.27. The molecule has 1 aromatic rings. The number of hydrogen-bond acceptors (Lipinski definition) is 3. The molecule has 0 spiro atoms. The van der Waals surface area contributed by atoms with Crippen LogP contribution in [0, 0.1) is 0 Å². The Bertz CT molecular complexity index is 457. The van der Waals surface area contributed by atoms with Gasteiger partial charge in [-0.15, -0.1) is 0 Å². The van der Waals surface area contributed by atoms with Crippen molar-refractivity contribution >= 4 is 9.84 Å². The Hall–Kier alpha value is -0.870. The summed E-state index contributed by atoms with van der Waals surface area (Å²) in [5.41, 5.74) is 1.29. The zero-order valence-corrected chi connectivity index (χ0v) is 13.5. The summed E-state index contributed by atoms with van der Waals surface area (Å²) in [5, 5.41) is 3.55. The number of rotatable bonds is 10. The van der Waals surface area contributed by atoms with Gasteiger partial charge in [-0.1, -0.05) is 50.6 Å². The second-order valence-corrected chi connectivity index (χ2v) is 7.62. The van der Waals surface area contributed by atoms with Gasteiger partial charge in [0.25, 0.3) is 0 Å². The smallest absolute Gasteiger partial charge is 0.150 e. The molecule has 0 aliphatic carbocycles. The molecule has 3 nitrogen and oxygen atoms in total. The first-order valence-electron chi connectivity index (χ1n) is 7.57. The van der Waals surface area contributed by atoms with Crippen LogP contribution < -0.4 is 5.32 Å². The molecule has 0 aliphatic rings. The van der Waals surface area contributed by atoms with Gasteiger partial charge in [0, 0.05) is 11.8 Å². The van der Waals surface area contributed by atoms with Crippen molar-refractivity contribution in [2.45, 2.75) is 45.6 Å². The lowest BCUT2D eigenvalue weighted by Crippen LogP contribution is -2.22. The van der Waals surface area contributed by atoms with Crippen molar-refractivity contribution in [1.29, 1.82) is 0 Å². The minimum atomic E-state index is -2.82. The molecule has 0 fully saturated rings. The van der Waals surface area contributed by atoms with Crippen LogP contribution in [0.3, 0.4) is 0 Å². The van der Waals surface area contributed by atoms with Crippen LogP contribution in [-0.4, -0.2) is 26.5 Å². The molecule has 0 aromatic heterocycles. The van der Waals surface area contributed by atoms with Gasteiger partial charge >= 0.3 is 0 Å². The summed E-state index contributed by atoms with van der Waals surface area (Å²) in [6.07, 6.45) is 3.79. The molecule has 1 N–H and O–H groups in total. The van der Waals surface area contributed by atoms with Gasteiger partial charge in [0.15, 0.2) is 0 Å². The van der Waals surface area contributed by atoms with Crippen LogP contribution in [0.1, 0.15) is 51.1 Å². The van der Waals surface area contributed by atoms with E-state index in [1.807, 2.05) is 6.07 Å². The minimum Gasteiger partial charge on any atom is -0.310 e. The van der Waals surface area contributed by atoms with Gasteiger partial charge in [0.05, 0.1) is 5.75 Å². The zero-order chi connectivity index (χ0) is 14.8. The summed E-state index contributed by atoms with van der Waals surface area (Å²) in [7, 11) is -2.82. The molecule has 0 saturated heterocycles. The van der Waals surface area contributed by atoms with Gasteiger partial charge in [0.2, 0.25) is 0 Å². The van der Waals surface area contributed by atoms with Crippen LogP contribution in [0.15, 0.2) is 30.3 Å². The Morgan fingerprint density at radius 2 is 1.80 bits per heavy atom. The maximum atomic E-state index is 11.5. The van der Waals surface area contributed by atoms with Gasteiger partial charge in [-0.3, -0.25) is 0 Å². The zero-order valence-electron chi connectivity index (χ0n) is 12.6. The summed E-state index contributed by atoms with van der Waals surface area (Å²) in [6.45, 7) is 4.86. The van der Waals surface area contributed by atoms with Gasteiger partial charge in [-0.25, -0.2) is 8.42 Å². The number of benzene rings is 1. The summed E-state index contributed by atoms with van der Waals surface area (Å²) in [5.74, 6) is 0.571. The SMILES string of the molecule is CCCNC(CCCCS(=O)(=O)CC)c1ccccc1. The predicted molar refractivity (Wildman–Crippen MR) is 85.7 cm³/mol. The van der Waals surface area contributed by atoms with Crippen LogP contribution in [-0.2, 0) is 9.84 Å². The van der Waals surface area contributed by atoms with Gasteiger partial charge in [-0.05, 0) is 31.4 Å². The number of sulfone groups is 1. The van der Waals surface area contributed by atoms with E-state index in [1.165, 1.54) is 5.56 Å². The molecule has 0 heterocycles. The van der Waals surface area contributed by atoms with Crippen molar-refractivity contribution < 1.29 is 8.42 Å². The number of hydrogen-bond donors (Lipinski definition) is 1. The lowest BCUT2D eigenvalue weighted by atomic mass is 10.0. The van der Waals surface area contributed by atoms with E-state index in [0.29, 0.717) is 11.8 Å². The standard InChI is InChI=1S/C16H27NO2S/c1-3-13-17-16(15-10-6-5-7-11-15)12-8-9-14-20(18,19)4-2/h5-7,10-11,16-17H,3-4,8-9,12-14H2,1-2H3. The number of nitrogens with one attached hydrogen (secondary N) is 1. The van der Waals surface area contributed by atoms with Crippen LogP contribution >= 0.6 is 0 Å². The van der Waals surface area contributed by atoms with Crippen molar-refractivity contribution in [3.8, 4) is 0 Å². The lowest BCUT2D eigenvalue weighted by molar-refractivity contribution is 0.480. The molecule has 1 atom stereocenters. The van der Waals surface area contributed by atoms with E-state index >= 15 is 0 Å². The van der Waals surface area contributed by atoms with Crippen LogP contribution in [0.2, 0.25) is 0 Å². The average Bonchev–Trinajstić information content (AvgIpc) is 2.47. The Labute approximate surface area is 123 Å². The summed E-state index contributed by atoms with van der Waals surface area (Å²) < 4.78 is 22.9. The quantitative estimate of drug-likeness (QED) is 0.674. The van der Waals surface area contributed by atoms with E-state index in [0.717, 1.165) is 32.2 Å². The van der Waals surface area contributed by atoms with E-state index in [4.69, 9.17) is 0 Å². The molecule has 1 aromatic carbocycles. The van der Waals surface area contributed by atoms with Crippen molar-refractivity contribution in [3.05, 3.63) is 35.9 Å². The fraction of sp³-hybridized carbons (Fsp3) is 0.625. The third-order valence-electron chi connectivity index (χ3n) is 3.48. The molecule has 1 unspecified atom stereocenters. The largest absolute Gasteiger partial charge is 0.310 e. The first-order chi connectivity index (χ1) is 9.59. The van der Waals surface area contributed by atoms with Crippen molar-refractivity contribution in [1.82, 2.24) is 5.32 Å². The van der Waals surface area contributed by atoms with Crippen molar-refractivity contribution in [2.75, 3.05) is 18.1 Å². The van der Waals surface area contributed by atoms with Crippen LogP contribution in [0.25, 0.3) is 0 Å². The van der Waals surface area contributed by atoms with E-state index in [1.54, 1.807) is 6.92 Å². The molecule has 0 amide bonds. The molecule has 4 heteroatoms. The lowest BCUT2D eigenvalue weighted by Gasteiger charge is -2.19. The number of unbranched alkanes of at least 4 members (excludes halogenated alkanes) is 1. The first-order valence-corrected chi connectivity index (χ1v) is 9.40. The molecular weight excluding hydrogens is 270 g/mol. The van der Waals surface area contributed by atoms with E-state index in [2.05, 4.69) is 36.5 Å². The highest BCUT2D eigenvalue weighted by atomic mass is 32.2. The van der Waals surface area contributed by atoms with Crippen molar-refractivity contribution in [3.63, 3.8) is 0 Å². The van der Waals surface area contributed by atoms with Gasteiger partial charge in [0.1, 0.15) is 9.84 Å². The molecule has 0 bridgehead atoms. The minimum absolute atomic E-state index is 0.253. The highest BCUT2D eigenvalue weighted by molar-refractivity contribution is 7.91. The Kier molecular flexibility index (Phi) is 7.85. The van der Waals surface area contributed by atoms with Crippen LogP contribution in [0.5, 0.6) is 0 Å². The van der Waals surface area contributed by atoms with E-state index < -0.39 is 9.84 Å². The highest BCUT2D eigenvalue weighted by Crippen LogP contribution is 2.19. The normalized spacial score (nSPS) is 13.3. The Morgan fingerprint density at radius 3 is 2.40 bits per heavy atom. The second-order valence-electron chi connectivity index (χ2n) is 5.15. The monoisotopic (exact) mass is 297 g/mol. The molecule has 0 radical (unpaired) electrons. The van der Waals surface area contributed by atoms with E-state index in [-0.39, 0.29) is 5.75 Å². The van der Waals surface area contributed by atoms with E-state index in [9.17, 15) is 8.42 Å². The summed E-state index contributed by atoms with van der Waals surface area (Å²) in [4.78, 5) is 0. The second kappa shape index (κ2) is 9.14. The first kappa shape index (κ1) is 17.2. The molecule has 114 valence electrons. The molecule has 20 heavy (non-hydrogen) atoms. The van der Waals surface area contributed by atoms with Crippen LogP contribution in [0.4, 0.5) is 0 Å². The maximum absolute atomic E-state index is 11.5. The topological polar surface area (TPSA) is 46.2 Å². The molecule has 0 aliphatic heterocycles. The third kappa shape index (κ3) is 6.53. The highest BCUT2D eigenvalue weighted by Gasteiger charge is 2.11. The predicted octanol–water partition coefficient (Wildman–Crippen LogP) is 3.33.